The molecule has 1 aromatic carbocycles. The van der Waals surface area contributed by atoms with E-state index in [0.29, 0.717) is 23.4 Å². The van der Waals surface area contributed by atoms with Crippen LogP contribution < -0.4 is 0 Å². The maximum absolute atomic E-state index is 11.6. The van der Waals surface area contributed by atoms with Crippen LogP contribution in [-0.2, 0) is 0 Å². The van der Waals surface area contributed by atoms with Crippen molar-refractivity contribution in [2.75, 3.05) is 5.88 Å². The van der Waals surface area contributed by atoms with Gasteiger partial charge in [0.05, 0.1) is 11.6 Å². The summed E-state index contributed by atoms with van der Waals surface area (Å²) in [5.41, 5.74) is 1.14. The predicted octanol–water partition coefficient (Wildman–Crippen LogP) is 3.15. The number of alkyl halides is 1. The SMILES string of the molecule is N#Cc1cccc(C(=O)CCCCCl)c1. The van der Waals surface area contributed by atoms with Crippen LogP contribution in [0.4, 0.5) is 0 Å². The Morgan fingerprint density at radius 1 is 1.40 bits per heavy atom. The first-order valence-corrected chi connectivity index (χ1v) is 5.40. The Kier molecular flexibility index (Phi) is 4.86. The minimum Gasteiger partial charge on any atom is -0.294 e. The molecule has 0 heterocycles. The maximum Gasteiger partial charge on any atom is 0.162 e. The molecular weight excluding hydrogens is 210 g/mol. The largest absolute Gasteiger partial charge is 0.294 e. The second kappa shape index (κ2) is 6.21. The van der Waals surface area contributed by atoms with Crippen molar-refractivity contribution in [2.24, 2.45) is 0 Å². The summed E-state index contributed by atoms with van der Waals surface area (Å²) in [5, 5.41) is 8.68. The Hall–Kier alpha value is -1.33. The highest BCUT2D eigenvalue weighted by atomic mass is 35.5. The van der Waals surface area contributed by atoms with E-state index in [1.54, 1.807) is 24.3 Å². The third kappa shape index (κ3) is 3.73. The topological polar surface area (TPSA) is 40.9 Å². The first kappa shape index (κ1) is 11.7. The van der Waals surface area contributed by atoms with E-state index in [2.05, 4.69) is 0 Å². The Morgan fingerprint density at radius 2 is 2.20 bits per heavy atom. The molecule has 0 N–H and O–H groups in total. The molecular formula is C12H12ClNO. The molecule has 0 aromatic heterocycles. The molecule has 0 aliphatic heterocycles. The highest BCUT2D eigenvalue weighted by molar-refractivity contribution is 6.17. The van der Waals surface area contributed by atoms with E-state index in [9.17, 15) is 4.79 Å². The van der Waals surface area contributed by atoms with Gasteiger partial charge in [0.2, 0.25) is 0 Å². The van der Waals surface area contributed by atoms with Gasteiger partial charge in [0.15, 0.2) is 5.78 Å². The quantitative estimate of drug-likeness (QED) is 0.435. The van der Waals surface area contributed by atoms with Crippen LogP contribution in [-0.4, -0.2) is 11.7 Å². The number of hydrogen-bond donors (Lipinski definition) is 0. The monoisotopic (exact) mass is 221 g/mol. The van der Waals surface area contributed by atoms with Gasteiger partial charge < -0.3 is 0 Å². The fraction of sp³-hybridized carbons (Fsp3) is 0.333. The average molecular weight is 222 g/mol. The van der Waals surface area contributed by atoms with Gasteiger partial charge in [-0.05, 0) is 25.0 Å². The van der Waals surface area contributed by atoms with Crippen molar-refractivity contribution < 1.29 is 4.79 Å². The molecule has 0 fully saturated rings. The van der Waals surface area contributed by atoms with Gasteiger partial charge >= 0.3 is 0 Å². The number of nitrogens with zero attached hydrogens (tertiary/aromatic N) is 1. The van der Waals surface area contributed by atoms with Gasteiger partial charge in [-0.25, -0.2) is 0 Å². The molecule has 3 heteroatoms. The predicted molar refractivity (Wildman–Crippen MR) is 60.1 cm³/mol. The van der Waals surface area contributed by atoms with Gasteiger partial charge in [0.25, 0.3) is 0 Å². The number of carbonyl (C=O) groups excluding carboxylic acids is 1. The van der Waals surface area contributed by atoms with Crippen molar-refractivity contribution in [1.82, 2.24) is 0 Å². The van der Waals surface area contributed by atoms with Crippen LogP contribution in [0.1, 0.15) is 35.2 Å². The molecule has 1 aromatic rings. The van der Waals surface area contributed by atoms with Gasteiger partial charge in [-0.1, -0.05) is 12.1 Å². The van der Waals surface area contributed by atoms with Crippen LogP contribution in [0.2, 0.25) is 0 Å². The van der Waals surface area contributed by atoms with Crippen LogP contribution in [0.15, 0.2) is 24.3 Å². The Bertz CT molecular complexity index is 381. The molecule has 78 valence electrons. The molecule has 0 bridgehead atoms. The number of Topliss-reactive ketones (excluding diaryl/α,β-unsaturated/α-hetero) is 1. The highest BCUT2D eigenvalue weighted by Gasteiger charge is 2.05. The van der Waals surface area contributed by atoms with Crippen molar-refractivity contribution in [3.63, 3.8) is 0 Å². The van der Waals surface area contributed by atoms with E-state index in [4.69, 9.17) is 16.9 Å². The standard InChI is InChI=1S/C12H12ClNO/c13-7-2-1-6-12(15)11-5-3-4-10(8-11)9-14/h3-5,8H,1-2,6-7H2. The van der Waals surface area contributed by atoms with Gasteiger partial charge in [-0.2, -0.15) is 5.26 Å². The summed E-state index contributed by atoms with van der Waals surface area (Å²) in [6.45, 7) is 0. The lowest BCUT2D eigenvalue weighted by molar-refractivity contribution is 0.0980. The zero-order chi connectivity index (χ0) is 11.1. The van der Waals surface area contributed by atoms with E-state index in [1.807, 2.05) is 6.07 Å². The fourth-order valence-corrected chi connectivity index (χ4v) is 1.48. The smallest absolute Gasteiger partial charge is 0.162 e. The highest BCUT2D eigenvalue weighted by Crippen LogP contribution is 2.09. The van der Waals surface area contributed by atoms with E-state index in [0.717, 1.165) is 12.8 Å². The first-order valence-electron chi connectivity index (χ1n) is 4.87. The van der Waals surface area contributed by atoms with Crippen molar-refractivity contribution >= 4 is 17.4 Å². The number of ketones is 1. The molecule has 0 radical (unpaired) electrons. The van der Waals surface area contributed by atoms with E-state index >= 15 is 0 Å². The summed E-state index contributed by atoms with van der Waals surface area (Å²) in [6, 6.07) is 8.80. The van der Waals surface area contributed by atoms with Gasteiger partial charge in [-0.15, -0.1) is 11.6 Å². The lowest BCUT2D eigenvalue weighted by Gasteiger charge is -2.00. The maximum atomic E-state index is 11.6. The van der Waals surface area contributed by atoms with Crippen molar-refractivity contribution in [3.8, 4) is 6.07 Å². The van der Waals surface area contributed by atoms with Crippen molar-refractivity contribution in [1.29, 1.82) is 5.26 Å². The summed E-state index contributed by atoms with van der Waals surface area (Å²) in [7, 11) is 0. The van der Waals surface area contributed by atoms with Crippen molar-refractivity contribution in [2.45, 2.75) is 19.3 Å². The molecule has 0 saturated heterocycles. The summed E-state index contributed by atoms with van der Waals surface area (Å²) in [5.74, 6) is 0.670. The van der Waals surface area contributed by atoms with Crippen LogP contribution >= 0.6 is 11.6 Å². The van der Waals surface area contributed by atoms with Crippen molar-refractivity contribution in [3.05, 3.63) is 35.4 Å². The molecule has 15 heavy (non-hydrogen) atoms. The summed E-state index contributed by atoms with van der Waals surface area (Å²) in [4.78, 5) is 11.6. The minimum absolute atomic E-state index is 0.0808. The molecule has 2 nitrogen and oxygen atoms in total. The zero-order valence-corrected chi connectivity index (χ0v) is 9.13. The third-order valence-corrected chi connectivity index (χ3v) is 2.37. The molecule has 1 rings (SSSR count). The van der Waals surface area contributed by atoms with Gasteiger partial charge in [0, 0.05) is 17.9 Å². The normalized spacial score (nSPS) is 9.60. The van der Waals surface area contributed by atoms with Crippen LogP contribution in [0.3, 0.4) is 0 Å². The molecule has 0 aliphatic carbocycles. The Balaban J connectivity index is 2.62. The lowest BCUT2D eigenvalue weighted by atomic mass is 10.0. The number of unbranched alkanes of at least 4 members (excludes halogenated alkanes) is 1. The number of carbonyl (C=O) groups is 1. The number of benzene rings is 1. The minimum atomic E-state index is 0.0808. The number of hydrogen-bond acceptors (Lipinski definition) is 2. The fourth-order valence-electron chi connectivity index (χ4n) is 1.29. The molecule has 0 aliphatic rings. The molecule has 0 spiro atoms. The van der Waals surface area contributed by atoms with Crippen LogP contribution in [0.5, 0.6) is 0 Å². The van der Waals surface area contributed by atoms with Gasteiger partial charge in [0.1, 0.15) is 0 Å². The number of nitriles is 1. The second-order valence-electron chi connectivity index (χ2n) is 3.26. The van der Waals surface area contributed by atoms with Gasteiger partial charge in [-0.3, -0.25) is 4.79 Å². The zero-order valence-electron chi connectivity index (χ0n) is 8.37. The molecule has 0 unspecified atom stereocenters. The van der Waals surface area contributed by atoms with E-state index in [1.165, 1.54) is 0 Å². The molecule has 0 saturated carbocycles. The Morgan fingerprint density at radius 3 is 2.87 bits per heavy atom. The van der Waals surface area contributed by atoms with Crippen LogP contribution in [0, 0.1) is 11.3 Å². The van der Waals surface area contributed by atoms with E-state index < -0.39 is 0 Å². The summed E-state index contributed by atoms with van der Waals surface area (Å²) < 4.78 is 0. The Labute approximate surface area is 94.5 Å². The van der Waals surface area contributed by atoms with E-state index in [-0.39, 0.29) is 5.78 Å². The van der Waals surface area contributed by atoms with Crippen LogP contribution in [0.25, 0.3) is 0 Å². The molecule has 0 amide bonds. The summed E-state index contributed by atoms with van der Waals surface area (Å²) in [6.07, 6.45) is 2.16. The summed E-state index contributed by atoms with van der Waals surface area (Å²) >= 11 is 5.52. The first-order chi connectivity index (χ1) is 7.27. The number of rotatable bonds is 5. The average Bonchev–Trinajstić information content (AvgIpc) is 2.29. The lowest BCUT2D eigenvalue weighted by Crippen LogP contribution is -1.99. The number of halogens is 1. The second-order valence-corrected chi connectivity index (χ2v) is 3.64. The third-order valence-electron chi connectivity index (χ3n) is 2.10. The molecule has 0 atom stereocenters.